The molecule has 16 heteroatoms. The van der Waals surface area contributed by atoms with Crippen LogP contribution >= 0.6 is 0 Å². The first kappa shape index (κ1) is 34.9. The lowest BCUT2D eigenvalue weighted by Gasteiger charge is -2.41. The van der Waals surface area contributed by atoms with Crippen LogP contribution in [-0.2, 0) is 25.4 Å². The van der Waals surface area contributed by atoms with E-state index in [9.17, 15) is 35.4 Å². The Morgan fingerprint density at radius 2 is 1.60 bits per heavy atom. The minimum atomic E-state index is -1.67. The van der Waals surface area contributed by atoms with Crippen molar-refractivity contribution in [1.29, 1.82) is 0 Å². The van der Waals surface area contributed by atoms with Crippen molar-refractivity contribution in [3.63, 3.8) is 0 Å². The molecule has 272 valence electrons. The maximum absolute atomic E-state index is 13.9. The van der Waals surface area contributed by atoms with Gasteiger partial charge in [-0.25, -0.2) is 0 Å². The largest absolute Gasteiger partial charge is 0.493 e. The van der Waals surface area contributed by atoms with Crippen LogP contribution in [0.2, 0.25) is 0 Å². The maximum Gasteiger partial charge on any atom is 0.187 e. The van der Waals surface area contributed by atoms with Crippen LogP contribution in [0.3, 0.4) is 0 Å². The molecule has 50 heavy (non-hydrogen) atoms. The van der Waals surface area contributed by atoms with Crippen LogP contribution in [0.15, 0.2) is 36.4 Å². The van der Waals surface area contributed by atoms with Crippen LogP contribution in [0.4, 0.5) is 0 Å². The monoisotopic (exact) mass is 704 g/mol. The lowest BCUT2D eigenvalue weighted by molar-refractivity contribution is -0.319. The van der Waals surface area contributed by atoms with Crippen molar-refractivity contribution in [3.8, 4) is 28.7 Å². The molecule has 2 fully saturated rings. The number of aliphatic hydroxyl groups is 6. The first-order valence-electron chi connectivity index (χ1n) is 16.2. The van der Waals surface area contributed by atoms with Gasteiger partial charge in [-0.1, -0.05) is 6.58 Å². The number of fused-ring (bicyclic) bond motifs is 6. The summed E-state index contributed by atoms with van der Waals surface area (Å²) in [7, 11) is 3.04. The Kier molecular flexibility index (Phi) is 9.68. The number of rotatable bonds is 9. The molecule has 0 saturated carbocycles. The second-order valence-corrected chi connectivity index (χ2v) is 12.9. The number of aliphatic hydroxyl groups excluding tert-OH is 6. The lowest BCUT2D eigenvalue weighted by atomic mass is 9.81. The molecule has 5 aliphatic rings. The van der Waals surface area contributed by atoms with Crippen molar-refractivity contribution in [2.75, 3.05) is 40.6 Å². The van der Waals surface area contributed by atoms with E-state index in [2.05, 4.69) is 6.58 Å². The molecule has 0 aliphatic carbocycles. The van der Waals surface area contributed by atoms with E-state index in [4.69, 9.17) is 42.6 Å². The number of hydrogen-bond acceptors (Lipinski definition) is 16. The first-order chi connectivity index (χ1) is 24.0. The predicted molar refractivity (Wildman–Crippen MR) is 167 cm³/mol. The summed E-state index contributed by atoms with van der Waals surface area (Å²) in [5.41, 5.74) is 2.20. The third-order valence-corrected chi connectivity index (χ3v) is 9.76. The second kappa shape index (κ2) is 13.9. The minimum absolute atomic E-state index is 0.123. The first-order valence-corrected chi connectivity index (χ1v) is 16.2. The lowest BCUT2D eigenvalue weighted by Crippen LogP contribution is -2.60. The van der Waals surface area contributed by atoms with E-state index < -0.39 is 80.0 Å². The van der Waals surface area contributed by atoms with Gasteiger partial charge < -0.3 is 73.3 Å². The van der Waals surface area contributed by atoms with Crippen LogP contribution in [0, 0.1) is 0 Å². The molecule has 0 bridgehead atoms. The van der Waals surface area contributed by atoms with E-state index >= 15 is 0 Å². The molecule has 6 N–H and O–H groups in total. The molecule has 7 rings (SSSR count). The predicted octanol–water partition coefficient (Wildman–Crippen LogP) is -1.04. The SMILES string of the molecule is C=C(CO[C@@H]1O[C@@H](CO[C@@H]2OC[C@@H](O)[C@H](O)[C@@H]2O)[C@H](O)[C@H](O)[C@@H]1O)[C@H]1Cc2c(ccc3c2O[C@H]2COc4cc(OC)c(OC)cc4[C@H]2C3=O)O1. The summed E-state index contributed by atoms with van der Waals surface area (Å²) in [6.45, 7) is 3.35. The van der Waals surface area contributed by atoms with Gasteiger partial charge in [-0.15, -0.1) is 0 Å². The zero-order chi connectivity index (χ0) is 35.4. The fourth-order valence-electron chi connectivity index (χ4n) is 6.88. The number of methoxy groups -OCH3 is 2. The van der Waals surface area contributed by atoms with Crippen LogP contribution in [0.5, 0.6) is 28.7 Å². The van der Waals surface area contributed by atoms with Gasteiger partial charge in [0.15, 0.2) is 29.9 Å². The average molecular weight is 705 g/mol. The number of ether oxygens (including phenoxy) is 9. The quantitative estimate of drug-likeness (QED) is 0.172. The van der Waals surface area contributed by atoms with E-state index in [1.165, 1.54) is 14.2 Å². The Morgan fingerprint density at radius 1 is 0.860 bits per heavy atom. The number of carbonyl (C=O) groups is 1. The highest BCUT2D eigenvalue weighted by Gasteiger charge is 2.48. The van der Waals surface area contributed by atoms with Crippen LogP contribution < -0.4 is 23.7 Å². The molecule has 16 nitrogen and oxygen atoms in total. The standard InChI is InChI=1S/C34H40O16/c1-13(9-45-34-31(41)29(39)28(38)24(50-34)12-47-33-30(40)27(37)17(35)10-46-33)19-7-16-18(48-19)5-4-14-26(36)25-15-6-21(42-2)22(43-3)8-20(15)44-11-23(25)49-32(14)16/h4-6,8,17,19,23-25,27-31,33-35,37-41H,1,7,9-12H2,2-3H3/t17-,19-,23+,24+,25-,27+,28+,29+,30+,31+,33+,34-/m1/s1. The third-order valence-electron chi connectivity index (χ3n) is 9.76. The van der Waals surface area contributed by atoms with Crippen molar-refractivity contribution in [3.05, 3.63) is 53.1 Å². The molecule has 12 atom stereocenters. The highest BCUT2D eigenvalue weighted by atomic mass is 16.7. The van der Waals surface area contributed by atoms with Gasteiger partial charge in [-0.3, -0.25) is 4.79 Å². The number of Topliss-reactive ketones (excluding diaryl/α,β-unsaturated/α-hetero) is 1. The van der Waals surface area contributed by atoms with Crippen molar-refractivity contribution in [2.45, 2.75) is 79.9 Å². The Hall–Kier alpha value is -3.55. The van der Waals surface area contributed by atoms with E-state index in [1.807, 2.05) is 0 Å². The van der Waals surface area contributed by atoms with Gasteiger partial charge in [0.2, 0.25) is 0 Å². The van der Waals surface area contributed by atoms with Gasteiger partial charge in [0, 0.05) is 23.6 Å². The molecule has 5 heterocycles. The molecule has 2 aromatic rings. The zero-order valence-electron chi connectivity index (χ0n) is 27.2. The molecule has 0 spiro atoms. The summed E-state index contributed by atoms with van der Waals surface area (Å²) in [6, 6.07) is 6.82. The molecule has 5 aliphatic heterocycles. The smallest absolute Gasteiger partial charge is 0.187 e. The van der Waals surface area contributed by atoms with Gasteiger partial charge >= 0.3 is 0 Å². The van der Waals surface area contributed by atoms with E-state index in [1.54, 1.807) is 24.3 Å². The van der Waals surface area contributed by atoms with Crippen molar-refractivity contribution < 1.29 is 78.1 Å². The highest BCUT2D eigenvalue weighted by molar-refractivity contribution is 6.06. The molecule has 0 amide bonds. The fraction of sp³-hybridized carbons (Fsp3) is 0.559. The van der Waals surface area contributed by atoms with Crippen molar-refractivity contribution in [2.24, 2.45) is 0 Å². The normalized spacial score (nSPS) is 35.7. The summed E-state index contributed by atoms with van der Waals surface area (Å²) >= 11 is 0. The van der Waals surface area contributed by atoms with Gasteiger partial charge in [-0.2, -0.15) is 0 Å². The van der Waals surface area contributed by atoms with E-state index in [0.717, 1.165) is 0 Å². The molecular formula is C34H40O16. The summed E-state index contributed by atoms with van der Waals surface area (Å²) < 4.78 is 51.5. The number of ketones is 1. The fourth-order valence-corrected chi connectivity index (χ4v) is 6.88. The van der Waals surface area contributed by atoms with Gasteiger partial charge in [0.05, 0.1) is 45.5 Å². The van der Waals surface area contributed by atoms with Gasteiger partial charge in [0.1, 0.15) is 78.8 Å². The minimum Gasteiger partial charge on any atom is -0.493 e. The summed E-state index contributed by atoms with van der Waals surface area (Å²) in [6.07, 6.45) is -14.1. The van der Waals surface area contributed by atoms with E-state index in [-0.39, 0.29) is 25.6 Å². The second-order valence-electron chi connectivity index (χ2n) is 12.9. The van der Waals surface area contributed by atoms with Crippen LogP contribution in [0.1, 0.15) is 27.4 Å². The van der Waals surface area contributed by atoms with Gasteiger partial charge in [0.25, 0.3) is 0 Å². The molecule has 0 radical (unpaired) electrons. The molecule has 2 saturated heterocycles. The highest BCUT2D eigenvalue weighted by Crippen LogP contribution is 2.50. The summed E-state index contributed by atoms with van der Waals surface area (Å²) in [4.78, 5) is 13.9. The molecule has 0 aromatic heterocycles. The Morgan fingerprint density at radius 3 is 2.36 bits per heavy atom. The summed E-state index contributed by atoms with van der Waals surface area (Å²) in [5, 5.41) is 61.2. The van der Waals surface area contributed by atoms with Gasteiger partial charge in [-0.05, 0) is 23.8 Å². The molecule has 0 unspecified atom stereocenters. The van der Waals surface area contributed by atoms with Crippen LogP contribution in [-0.4, -0.2) is 145 Å². The Labute approximate surface area is 286 Å². The van der Waals surface area contributed by atoms with Crippen molar-refractivity contribution >= 4 is 5.78 Å². The third kappa shape index (κ3) is 6.08. The molecule has 2 aromatic carbocycles. The molecular weight excluding hydrogens is 664 g/mol. The average Bonchev–Trinajstić information content (AvgIpc) is 3.57. The number of hydrogen-bond donors (Lipinski definition) is 6. The number of benzene rings is 2. The van der Waals surface area contributed by atoms with Crippen molar-refractivity contribution in [1.82, 2.24) is 0 Å². The number of carbonyl (C=O) groups excluding carboxylic acids is 1. The zero-order valence-corrected chi connectivity index (χ0v) is 27.2. The Bertz CT molecular complexity index is 1610. The Balaban J connectivity index is 0.993. The summed E-state index contributed by atoms with van der Waals surface area (Å²) in [5.74, 6) is 1.67. The van der Waals surface area contributed by atoms with Crippen LogP contribution in [0.25, 0.3) is 0 Å². The van der Waals surface area contributed by atoms with E-state index in [0.29, 0.717) is 57.4 Å². The maximum atomic E-state index is 13.9. The topological polar surface area (TPSA) is 222 Å².